The van der Waals surface area contributed by atoms with Crippen molar-refractivity contribution in [2.45, 2.75) is 25.5 Å². The highest BCUT2D eigenvalue weighted by Gasteiger charge is 2.12. The average Bonchev–Trinajstić information content (AvgIpc) is 2.33. The Morgan fingerprint density at radius 2 is 2.11 bits per heavy atom. The van der Waals surface area contributed by atoms with E-state index >= 15 is 0 Å². The van der Waals surface area contributed by atoms with Gasteiger partial charge in [-0.05, 0) is 18.2 Å². The molecule has 0 heterocycles. The molecule has 5 heteroatoms. The van der Waals surface area contributed by atoms with Crippen LogP contribution in [0.3, 0.4) is 0 Å². The van der Waals surface area contributed by atoms with Gasteiger partial charge in [0, 0.05) is 22.6 Å². The van der Waals surface area contributed by atoms with E-state index in [9.17, 15) is 9.18 Å². The molecule has 1 aromatic rings. The van der Waals surface area contributed by atoms with Gasteiger partial charge in [-0.1, -0.05) is 20.8 Å². The molecule has 19 heavy (non-hydrogen) atoms. The number of hydrogen-bond donors (Lipinski definition) is 1. The summed E-state index contributed by atoms with van der Waals surface area (Å²) in [5.41, 5.74) is 0.305. The lowest BCUT2D eigenvalue weighted by Gasteiger charge is -2.17. The number of amides is 1. The van der Waals surface area contributed by atoms with E-state index in [0.29, 0.717) is 12.1 Å². The van der Waals surface area contributed by atoms with Crippen molar-refractivity contribution >= 4 is 17.7 Å². The Labute approximate surface area is 117 Å². The minimum atomic E-state index is -0.529. The van der Waals surface area contributed by atoms with E-state index in [4.69, 9.17) is 4.74 Å². The fourth-order valence-electron chi connectivity index (χ4n) is 1.43. The summed E-state index contributed by atoms with van der Waals surface area (Å²) in [5.74, 6) is 0.170. The summed E-state index contributed by atoms with van der Waals surface area (Å²) in [5, 5.41) is 2.77. The summed E-state index contributed by atoms with van der Waals surface area (Å²) in [6, 6.07) is 4.19. The number of nitrogens with one attached hydrogen (secondary N) is 1. The molecule has 1 aromatic carbocycles. The fourth-order valence-corrected chi connectivity index (χ4v) is 2.25. The minimum absolute atomic E-state index is 0.139. The first-order chi connectivity index (χ1) is 8.83. The number of thioether (sulfide) groups is 1. The predicted molar refractivity (Wildman–Crippen MR) is 77.5 cm³/mol. The third-order valence-corrected chi connectivity index (χ3v) is 3.61. The van der Waals surface area contributed by atoms with Crippen LogP contribution in [0.5, 0.6) is 5.75 Å². The van der Waals surface area contributed by atoms with E-state index in [1.807, 2.05) is 0 Å². The van der Waals surface area contributed by atoms with E-state index in [1.165, 1.54) is 19.2 Å². The predicted octanol–water partition coefficient (Wildman–Crippen LogP) is 3.10. The van der Waals surface area contributed by atoms with Crippen molar-refractivity contribution in [3.63, 3.8) is 0 Å². The van der Waals surface area contributed by atoms with Crippen LogP contribution < -0.4 is 10.1 Å². The van der Waals surface area contributed by atoms with E-state index in [2.05, 4.69) is 26.1 Å². The molecule has 0 aliphatic rings. The summed E-state index contributed by atoms with van der Waals surface area (Å²) >= 11 is 1.77. The van der Waals surface area contributed by atoms with E-state index in [-0.39, 0.29) is 16.4 Å². The Bertz CT molecular complexity index is 444. The second-order valence-corrected chi connectivity index (χ2v) is 6.99. The maximum atomic E-state index is 13.4. The lowest BCUT2D eigenvalue weighted by Crippen LogP contribution is -2.27. The highest BCUT2D eigenvalue weighted by Crippen LogP contribution is 2.22. The summed E-state index contributed by atoms with van der Waals surface area (Å²) in [7, 11) is 1.39. The topological polar surface area (TPSA) is 38.3 Å². The van der Waals surface area contributed by atoms with Gasteiger partial charge in [-0.2, -0.15) is 11.8 Å². The van der Waals surface area contributed by atoms with Gasteiger partial charge >= 0.3 is 0 Å². The lowest BCUT2D eigenvalue weighted by molar-refractivity contribution is 0.0955. The Morgan fingerprint density at radius 3 is 2.63 bits per heavy atom. The van der Waals surface area contributed by atoms with Crippen molar-refractivity contribution < 1.29 is 13.9 Å². The molecule has 1 N–H and O–H groups in total. The van der Waals surface area contributed by atoms with Crippen LogP contribution in [-0.2, 0) is 0 Å². The molecule has 0 radical (unpaired) electrons. The summed E-state index contributed by atoms with van der Waals surface area (Å²) < 4.78 is 18.4. The molecule has 1 rings (SSSR count). The first kappa shape index (κ1) is 15.8. The van der Waals surface area contributed by atoms with Gasteiger partial charge in [0.25, 0.3) is 5.91 Å². The van der Waals surface area contributed by atoms with Crippen molar-refractivity contribution in [1.82, 2.24) is 5.32 Å². The number of halogens is 1. The monoisotopic (exact) mass is 285 g/mol. The van der Waals surface area contributed by atoms with Gasteiger partial charge in [0.05, 0.1) is 7.11 Å². The number of methoxy groups -OCH3 is 1. The molecular formula is C14H20FNO2S. The maximum Gasteiger partial charge on any atom is 0.251 e. The molecule has 0 aliphatic carbocycles. The first-order valence-corrected chi connectivity index (χ1v) is 7.08. The van der Waals surface area contributed by atoms with Crippen LogP contribution in [0, 0.1) is 5.82 Å². The van der Waals surface area contributed by atoms with E-state index in [0.717, 1.165) is 5.75 Å². The molecule has 0 saturated carbocycles. The van der Waals surface area contributed by atoms with Gasteiger partial charge in [-0.25, -0.2) is 4.39 Å². The molecule has 0 bridgehead atoms. The lowest BCUT2D eigenvalue weighted by atomic mass is 10.2. The molecule has 0 saturated heterocycles. The highest BCUT2D eigenvalue weighted by molar-refractivity contribution is 8.00. The van der Waals surface area contributed by atoms with Crippen molar-refractivity contribution in [1.29, 1.82) is 0 Å². The normalized spacial score (nSPS) is 11.2. The third-order valence-electron chi connectivity index (χ3n) is 2.34. The second-order valence-electron chi connectivity index (χ2n) is 5.07. The van der Waals surface area contributed by atoms with Crippen LogP contribution in [0.2, 0.25) is 0 Å². The molecule has 1 amide bonds. The molecule has 106 valence electrons. The van der Waals surface area contributed by atoms with Crippen LogP contribution in [-0.4, -0.2) is 30.1 Å². The average molecular weight is 285 g/mol. The highest BCUT2D eigenvalue weighted by atomic mass is 32.2. The molecule has 0 unspecified atom stereocenters. The number of benzene rings is 1. The Hall–Kier alpha value is -1.23. The van der Waals surface area contributed by atoms with Gasteiger partial charge in [-0.3, -0.25) is 4.79 Å². The van der Waals surface area contributed by atoms with Crippen molar-refractivity contribution in [3.8, 4) is 5.75 Å². The first-order valence-electron chi connectivity index (χ1n) is 6.09. The molecule has 0 aliphatic heterocycles. The molecule has 0 fully saturated rings. The molecule has 0 atom stereocenters. The SMILES string of the molecule is COc1ccc(C(=O)NCCSC(C)(C)C)cc1F. The number of carbonyl (C=O) groups excluding carboxylic acids is 1. The molecular weight excluding hydrogens is 265 g/mol. The maximum absolute atomic E-state index is 13.4. The third kappa shape index (κ3) is 5.51. The van der Waals surface area contributed by atoms with Crippen molar-refractivity contribution in [2.24, 2.45) is 0 Å². The van der Waals surface area contributed by atoms with Crippen LogP contribution in [0.1, 0.15) is 31.1 Å². The van der Waals surface area contributed by atoms with E-state index in [1.54, 1.807) is 17.8 Å². The Balaban J connectivity index is 2.48. The van der Waals surface area contributed by atoms with Crippen LogP contribution >= 0.6 is 11.8 Å². The largest absolute Gasteiger partial charge is 0.494 e. The van der Waals surface area contributed by atoms with Crippen LogP contribution in [0.4, 0.5) is 4.39 Å². The van der Waals surface area contributed by atoms with Crippen molar-refractivity contribution in [3.05, 3.63) is 29.6 Å². The number of ether oxygens (including phenoxy) is 1. The quantitative estimate of drug-likeness (QED) is 0.845. The molecule has 0 spiro atoms. The molecule has 0 aromatic heterocycles. The zero-order valence-electron chi connectivity index (χ0n) is 11.7. The summed E-state index contributed by atoms with van der Waals surface area (Å²) in [6.07, 6.45) is 0. The fraction of sp³-hybridized carbons (Fsp3) is 0.500. The number of rotatable bonds is 5. The standard InChI is InChI=1S/C14H20FNO2S/c1-14(2,3)19-8-7-16-13(17)10-5-6-12(18-4)11(15)9-10/h5-6,9H,7-8H2,1-4H3,(H,16,17). The van der Waals surface area contributed by atoms with Crippen LogP contribution in [0.25, 0.3) is 0 Å². The smallest absolute Gasteiger partial charge is 0.251 e. The van der Waals surface area contributed by atoms with Gasteiger partial charge < -0.3 is 10.1 Å². The van der Waals surface area contributed by atoms with Gasteiger partial charge in [0.15, 0.2) is 11.6 Å². The van der Waals surface area contributed by atoms with E-state index < -0.39 is 5.82 Å². The number of carbonyl (C=O) groups is 1. The van der Waals surface area contributed by atoms with Crippen LogP contribution in [0.15, 0.2) is 18.2 Å². The number of hydrogen-bond acceptors (Lipinski definition) is 3. The van der Waals surface area contributed by atoms with Gasteiger partial charge in [0.1, 0.15) is 0 Å². The van der Waals surface area contributed by atoms with Crippen molar-refractivity contribution in [2.75, 3.05) is 19.4 Å². The summed E-state index contributed by atoms with van der Waals surface area (Å²) in [6.45, 7) is 6.93. The summed E-state index contributed by atoms with van der Waals surface area (Å²) in [4.78, 5) is 11.8. The van der Waals surface area contributed by atoms with Gasteiger partial charge in [0.2, 0.25) is 0 Å². The zero-order valence-corrected chi connectivity index (χ0v) is 12.6. The van der Waals surface area contributed by atoms with Gasteiger partial charge in [-0.15, -0.1) is 0 Å². The zero-order chi connectivity index (χ0) is 14.5. The minimum Gasteiger partial charge on any atom is -0.494 e. The second kappa shape index (κ2) is 6.80. The Morgan fingerprint density at radius 1 is 1.42 bits per heavy atom. The molecule has 3 nitrogen and oxygen atoms in total. The Kier molecular flexibility index (Phi) is 5.66.